The summed E-state index contributed by atoms with van der Waals surface area (Å²) >= 11 is 3.94. The third-order valence-corrected chi connectivity index (χ3v) is 1.78. The molecule has 0 aliphatic rings. The van der Waals surface area contributed by atoms with Crippen LogP contribution in [0.25, 0.3) is 0 Å². The van der Waals surface area contributed by atoms with Crippen LogP contribution >= 0.6 is 12.6 Å². The van der Waals surface area contributed by atoms with Crippen molar-refractivity contribution in [2.75, 3.05) is 45.2 Å². The van der Waals surface area contributed by atoms with Gasteiger partial charge in [0, 0.05) is 18.8 Å². The average Bonchev–Trinajstić information content (AvgIpc) is 2.12. The Morgan fingerprint density at radius 1 is 1.29 bits per heavy atom. The summed E-state index contributed by atoms with van der Waals surface area (Å²) in [6.45, 7) is 1.16. The van der Waals surface area contributed by atoms with Gasteiger partial charge < -0.3 is 9.84 Å². The molecule has 0 saturated carbocycles. The molecular formula is C8H17F2NO2S. The van der Waals surface area contributed by atoms with Gasteiger partial charge in [-0.05, 0) is 0 Å². The van der Waals surface area contributed by atoms with Crippen molar-refractivity contribution in [3.8, 4) is 0 Å². The fourth-order valence-electron chi connectivity index (χ4n) is 0.991. The van der Waals surface area contributed by atoms with Gasteiger partial charge in [0.2, 0.25) is 0 Å². The van der Waals surface area contributed by atoms with Crippen molar-refractivity contribution in [1.29, 1.82) is 0 Å². The first-order valence-corrected chi connectivity index (χ1v) is 5.14. The number of aliphatic hydroxyl groups is 1. The number of hydrogen-bond donors (Lipinski definition) is 2. The van der Waals surface area contributed by atoms with Gasteiger partial charge in [0.1, 0.15) is 0 Å². The lowest BCUT2D eigenvalue weighted by atomic mass is 10.4. The van der Waals surface area contributed by atoms with Crippen molar-refractivity contribution in [3.63, 3.8) is 0 Å². The number of ether oxygens (including phenoxy) is 1. The Labute approximate surface area is 88.4 Å². The number of thiol groups is 1. The number of rotatable bonds is 9. The number of alkyl halides is 2. The second-order valence-electron chi connectivity index (χ2n) is 2.75. The molecule has 0 aliphatic heterocycles. The summed E-state index contributed by atoms with van der Waals surface area (Å²) in [5, 5.41) is 8.61. The first-order chi connectivity index (χ1) is 6.70. The van der Waals surface area contributed by atoms with E-state index in [0.717, 1.165) is 0 Å². The molecule has 0 aliphatic carbocycles. The Kier molecular flexibility index (Phi) is 9.70. The smallest absolute Gasteiger partial charge is 0.251 e. The van der Waals surface area contributed by atoms with E-state index in [1.54, 1.807) is 0 Å². The van der Waals surface area contributed by atoms with Gasteiger partial charge in [-0.25, -0.2) is 8.78 Å². The fraction of sp³-hybridized carbons (Fsp3) is 1.00. The van der Waals surface area contributed by atoms with Crippen LogP contribution in [0.4, 0.5) is 8.78 Å². The zero-order valence-corrected chi connectivity index (χ0v) is 8.93. The van der Waals surface area contributed by atoms with E-state index in [1.165, 1.54) is 4.90 Å². The lowest BCUT2D eigenvalue weighted by molar-refractivity contribution is 0.0546. The molecule has 0 heterocycles. The van der Waals surface area contributed by atoms with Gasteiger partial charge in [-0.2, -0.15) is 12.6 Å². The Morgan fingerprint density at radius 2 is 2.00 bits per heavy atom. The van der Waals surface area contributed by atoms with Gasteiger partial charge >= 0.3 is 0 Å². The van der Waals surface area contributed by atoms with Crippen LogP contribution in [-0.2, 0) is 4.74 Å². The monoisotopic (exact) mass is 229 g/mol. The van der Waals surface area contributed by atoms with E-state index >= 15 is 0 Å². The summed E-state index contributed by atoms with van der Waals surface area (Å²) < 4.78 is 29.1. The van der Waals surface area contributed by atoms with Crippen LogP contribution < -0.4 is 0 Å². The maximum atomic E-state index is 12.0. The van der Waals surface area contributed by atoms with Crippen LogP contribution in [0.15, 0.2) is 0 Å². The third-order valence-electron chi connectivity index (χ3n) is 1.60. The van der Waals surface area contributed by atoms with Gasteiger partial charge in [-0.1, -0.05) is 0 Å². The molecule has 6 heteroatoms. The Bertz CT molecular complexity index is 130. The maximum absolute atomic E-state index is 12.0. The summed E-state index contributed by atoms with van der Waals surface area (Å²) in [5.41, 5.74) is 0. The third kappa shape index (κ3) is 8.68. The maximum Gasteiger partial charge on any atom is 0.251 e. The van der Waals surface area contributed by atoms with Crippen molar-refractivity contribution in [2.45, 2.75) is 6.43 Å². The molecule has 14 heavy (non-hydrogen) atoms. The molecule has 1 N–H and O–H groups in total. The van der Waals surface area contributed by atoms with Gasteiger partial charge in [0.15, 0.2) is 0 Å². The molecule has 0 aromatic heterocycles. The average molecular weight is 229 g/mol. The summed E-state index contributed by atoms with van der Waals surface area (Å²) in [7, 11) is 0. The number of halogens is 2. The largest absolute Gasteiger partial charge is 0.395 e. The SMILES string of the molecule is OCCN(CCOCCS)CC(F)F. The molecule has 0 saturated heterocycles. The van der Waals surface area contributed by atoms with Gasteiger partial charge in [-0.15, -0.1) is 0 Å². The van der Waals surface area contributed by atoms with Gasteiger partial charge in [0.05, 0.1) is 26.4 Å². The summed E-state index contributed by atoms with van der Waals surface area (Å²) in [6.07, 6.45) is -2.37. The van der Waals surface area contributed by atoms with Crippen LogP contribution in [0.3, 0.4) is 0 Å². The molecule has 0 amide bonds. The lowest BCUT2D eigenvalue weighted by Gasteiger charge is -2.20. The minimum atomic E-state index is -2.37. The van der Waals surface area contributed by atoms with E-state index in [-0.39, 0.29) is 19.7 Å². The first-order valence-electron chi connectivity index (χ1n) is 4.50. The molecule has 0 atom stereocenters. The van der Waals surface area contributed by atoms with E-state index in [1.807, 2.05) is 0 Å². The molecule has 0 radical (unpaired) electrons. The van der Waals surface area contributed by atoms with Gasteiger partial charge in [0.25, 0.3) is 6.43 Å². The molecule has 0 rings (SSSR count). The topological polar surface area (TPSA) is 32.7 Å². The van der Waals surface area contributed by atoms with E-state index in [2.05, 4.69) is 12.6 Å². The normalized spacial score (nSPS) is 11.6. The standard InChI is InChI=1S/C8H17F2NO2S/c9-8(10)7-11(1-3-12)2-4-13-5-6-14/h8,12,14H,1-7H2. The Hall–Kier alpha value is 0.0900. The minimum Gasteiger partial charge on any atom is -0.395 e. The second-order valence-corrected chi connectivity index (χ2v) is 3.20. The lowest BCUT2D eigenvalue weighted by Crippen LogP contribution is -2.34. The Balaban J connectivity index is 3.51. The van der Waals surface area contributed by atoms with Gasteiger partial charge in [-0.3, -0.25) is 4.90 Å². The zero-order valence-electron chi connectivity index (χ0n) is 8.03. The number of nitrogens with zero attached hydrogens (tertiary/aromatic N) is 1. The quantitative estimate of drug-likeness (QED) is 0.446. The molecule has 3 nitrogen and oxygen atoms in total. The molecule has 0 bridgehead atoms. The van der Waals surface area contributed by atoms with E-state index in [4.69, 9.17) is 9.84 Å². The zero-order chi connectivity index (χ0) is 10.8. The van der Waals surface area contributed by atoms with Crippen LogP contribution in [-0.4, -0.2) is 61.6 Å². The van der Waals surface area contributed by atoms with E-state index in [0.29, 0.717) is 25.5 Å². The summed E-state index contributed by atoms with van der Waals surface area (Å²) in [4.78, 5) is 1.48. The van der Waals surface area contributed by atoms with Crippen LogP contribution in [0.2, 0.25) is 0 Å². The highest BCUT2D eigenvalue weighted by molar-refractivity contribution is 7.80. The van der Waals surface area contributed by atoms with Crippen LogP contribution in [0.5, 0.6) is 0 Å². The molecule has 0 aromatic rings. The summed E-state index contributed by atoms with van der Waals surface area (Å²) in [6, 6.07) is 0. The molecule has 86 valence electrons. The summed E-state index contributed by atoms with van der Waals surface area (Å²) in [5.74, 6) is 0.620. The van der Waals surface area contributed by atoms with Crippen LogP contribution in [0, 0.1) is 0 Å². The van der Waals surface area contributed by atoms with Crippen molar-refractivity contribution in [3.05, 3.63) is 0 Å². The molecular weight excluding hydrogens is 212 g/mol. The second kappa shape index (κ2) is 9.64. The van der Waals surface area contributed by atoms with Crippen LogP contribution in [0.1, 0.15) is 0 Å². The van der Waals surface area contributed by atoms with Crippen molar-refractivity contribution >= 4 is 12.6 Å². The van der Waals surface area contributed by atoms with E-state index < -0.39 is 6.43 Å². The van der Waals surface area contributed by atoms with Crippen molar-refractivity contribution < 1.29 is 18.6 Å². The molecule has 0 aromatic carbocycles. The fourth-order valence-corrected chi connectivity index (χ4v) is 1.12. The number of hydrogen-bond acceptors (Lipinski definition) is 4. The predicted octanol–water partition coefficient (Wildman–Crippen LogP) is 0.492. The highest BCUT2D eigenvalue weighted by atomic mass is 32.1. The number of aliphatic hydroxyl groups excluding tert-OH is 1. The highest BCUT2D eigenvalue weighted by Crippen LogP contribution is 1.97. The van der Waals surface area contributed by atoms with Crippen molar-refractivity contribution in [2.24, 2.45) is 0 Å². The molecule has 0 spiro atoms. The highest BCUT2D eigenvalue weighted by Gasteiger charge is 2.10. The van der Waals surface area contributed by atoms with E-state index in [9.17, 15) is 8.78 Å². The molecule has 0 fully saturated rings. The Morgan fingerprint density at radius 3 is 2.50 bits per heavy atom. The van der Waals surface area contributed by atoms with Crippen molar-refractivity contribution in [1.82, 2.24) is 4.90 Å². The predicted molar refractivity (Wildman–Crippen MR) is 54.2 cm³/mol. The first kappa shape index (κ1) is 14.1. The molecule has 0 unspecified atom stereocenters. The minimum absolute atomic E-state index is 0.112.